The van der Waals surface area contributed by atoms with Gasteiger partial charge in [-0.25, -0.2) is 0 Å². The van der Waals surface area contributed by atoms with Crippen LogP contribution in [0.3, 0.4) is 0 Å². The second kappa shape index (κ2) is 12.3. The summed E-state index contributed by atoms with van der Waals surface area (Å²) >= 11 is 2.84. The number of hydrogen-bond acceptors (Lipinski definition) is 9. The minimum Gasteiger partial charge on any atom is -0.497 e. The van der Waals surface area contributed by atoms with E-state index in [2.05, 4.69) is 10.3 Å². The molecule has 4 aromatic carbocycles. The first kappa shape index (κ1) is 31.9. The van der Waals surface area contributed by atoms with Gasteiger partial charge in [0.25, 0.3) is 5.91 Å². The van der Waals surface area contributed by atoms with Gasteiger partial charge in [0.1, 0.15) is 5.75 Å². The number of nitrogens with zero attached hydrogens (tertiary/aromatic N) is 1. The van der Waals surface area contributed by atoms with E-state index in [0.29, 0.717) is 28.6 Å². The van der Waals surface area contributed by atoms with Gasteiger partial charge in [-0.3, -0.25) is 24.1 Å². The van der Waals surface area contributed by atoms with Gasteiger partial charge in [-0.1, -0.05) is 47.7 Å². The van der Waals surface area contributed by atoms with Crippen LogP contribution in [-0.2, 0) is 14.4 Å². The van der Waals surface area contributed by atoms with E-state index in [1.807, 2.05) is 54.6 Å². The molecule has 1 saturated heterocycles. The molecule has 2 aliphatic heterocycles. The first-order valence-electron chi connectivity index (χ1n) is 16.8. The van der Waals surface area contributed by atoms with Crippen molar-refractivity contribution in [2.75, 3.05) is 31.0 Å². The molecule has 4 aliphatic rings. The summed E-state index contributed by atoms with van der Waals surface area (Å²) in [6.07, 6.45) is 0.784. The number of carbonyl (C=O) groups excluding carboxylic acids is 3. The number of carbonyl (C=O) groups is 3. The number of benzene rings is 4. The van der Waals surface area contributed by atoms with Crippen molar-refractivity contribution in [1.82, 2.24) is 4.98 Å². The Bertz CT molecular complexity index is 2280. The lowest BCUT2D eigenvalue weighted by Gasteiger charge is -2.43. The van der Waals surface area contributed by atoms with Crippen LogP contribution < -0.4 is 29.3 Å². The van der Waals surface area contributed by atoms with E-state index >= 15 is 0 Å². The molecule has 258 valence electrons. The second-order valence-electron chi connectivity index (χ2n) is 13.5. The third-order valence-corrected chi connectivity index (χ3v) is 13.6. The molecule has 0 spiro atoms. The van der Waals surface area contributed by atoms with E-state index in [4.69, 9.17) is 14.2 Å². The van der Waals surface area contributed by atoms with Crippen molar-refractivity contribution in [1.29, 1.82) is 0 Å². The Morgan fingerprint density at radius 1 is 0.863 bits per heavy atom. The fourth-order valence-corrected chi connectivity index (χ4v) is 11.9. The Labute approximate surface area is 301 Å². The predicted octanol–water partition coefficient (Wildman–Crippen LogP) is 6.30. The molecule has 10 nitrogen and oxygen atoms in total. The van der Waals surface area contributed by atoms with E-state index < -0.39 is 11.8 Å². The maximum Gasteiger partial charge on any atom is 0.305 e. The Morgan fingerprint density at radius 2 is 1.63 bits per heavy atom. The highest BCUT2D eigenvalue weighted by molar-refractivity contribution is 8.00. The van der Waals surface area contributed by atoms with Gasteiger partial charge in [0.2, 0.25) is 11.8 Å². The van der Waals surface area contributed by atoms with Crippen LogP contribution in [0.1, 0.15) is 22.8 Å². The third kappa shape index (κ3) is 5.14. The molecular formula is C39H33N3O7S2. The van der Waals surface area contributed by atoms with Crippen LogP contribution >= 0.6 is 23.1 Å². The molecule has 12 heteroatoms. The van der Waals surface area contributed by atoms with Crippen LogP contribution in [0.4, 0.5) is 11.4 Å². The van der Waals surface area contributed by atoms with Crippen molar-refractivity contribution >= 4 is 63.0 Å². The number of hydrogen-bond donors (Lipinski definition) is 2. The largest absolute Gasteiger partial charge is 0.497 e. The first-order valence-corrected chi connectivity index (χ1v) is 18.5. The molecule has 0 radical (unpaired) electrons. The van der Waals surface area contributed by atoms with Crippen LogP contribution in [0.25, 0.3) is 10.8 Å². The molecule has 3 heterocycles. The number of thiazole rings is 1. The van der Waals surface area contributed by atoms with E-state index in [9.17, 15) is 19.2 Å². The molecule has 51 heavy (non-hydrogen) atoms. The van der Waals surface area contributed by atoms with E-state index in [0.717, 1.165) is 32.7 Å². The zero-order valence-corrected chi connectivity index (χ0v) is 29.3. The van der Waals surface area contributed by atoms with Crippen molar-refractivity contribution in [3.63, 3.8) is 0 Å². The smallest absolute Gasteiger partial charge is 0.305 e. The number of methoxy groups -OCH3 is 2. The summed E-state index contributed by atoms with van der Waals surface area (Å²) in [4.78, 5) is 58.9. The highest BCUT2D eigenvalue weighted by atomic mass is 32.2. The van der Waals surface area contributed by atoms with Gasteiger partial charge in [0.15, 0.2) is 18.1 Å². The van der Waals surface area contributed by atoms with E-state index in [1.54, 1.807) is 56.3 Å². The lowest BCUT2D eigenvalue weighted by atomic mass is 9.68. The summed E-state index contributed by atoms with van der Waals surface area (Å²) in [5.74, 6) is -0.0812. The predicted molar refractivity (Wildman–Crippen MR) is 195 cm³/mol. The number of rotatable bonds is 8. The highest BCUT2D eigenvalue weighted by Gasteiger charge is 2.69. The molecule has 1 aromatic heterocycles. The SMILES string of the molecule is COc1ccc(N2C(=O)C3C(C2=O)[C@@H]2C[C@H]3C3Sc4[nH]c(=O)sc4[C@H](c4ccc(OCC(=O)Nc5ccc6ccccc6c5)c(OC)c4)C32)cc1. The third-order valence-electron chi connectivity index (χ3n) is 11.0. The Balaban J connectivity index is 0.986. The summed E-state index contributed by atoms with van der Waals surface area (Å²) in [7, 11) is 3.13. The van der Waals surface area contributed by atoms with Crippen LogP contribution in [-0.4, -0.2) is 48.8 Å². The standard InChI is InChI=1S/C39H33N3O7S2/c1-47-24-12-10-23(11-13-24)42-37(44)32-25-17-26(33(32)38(42)45)34-31(25)30(35-36(50-34)41-39(46)51-35)21-8-14-27(28(16-21)48-2)49-18-29(43)40-22-9-7-19-5-3-4-6-20(19)15-22/h3-16,25-26,30-34H,17-18H2,1-2H3,(H,40,43)(H,41,46)/t25-,26-,30-,31?,32?,33?,34?/m1/s1. The van der Waals surface area contributed by atoms with Crippen molar-refractivity contribution < 1.29 is 28.6 Å². The first-order chi connectivity index (χ1) is 24.8. The van der Waals surface area contributed by atoms with Gasteiger partial charge >= 0.3 is 4.87 Å². The number of imide groups is 1. The summed E-state index contributed by atoms with van der Waals surface area (Å²) in [5, 5.41) is 5.89. The van der Waals surface area contributed by atoms with Crippen molar-refractivity contribution in [2.24, 2.45) is 29.6 Å². The minimum atomic E-state index is -0.420. The maximum atomic E-state index is 14.1. The average Bonchev–Trinajstić information content (AvgIpc) is 3.89. The lowest BCUT2D eigenvalue weighted by Crippen LogP contribution is -2.42. The molecule has 2 bridgehead atoms. The number of thioether (sulfide) groups is 1. The summed E-state index contributed by atoms with van der Waals surface area (Å²) < 4.78 is 17.0. The van der Waals surface area contributed by atoms with Gasteiger partial charge in [0, 0.05) is 21.7 Å². The van der Waals surface area contributed by atoms with Crippen LogP contribution in [0.5, 0.6) is 17.2 Å². The van der Waals surface area contributed by atoms with Gasteiger partial charge in [0.05, 0.1) is 36.8 Å². The Hall–Kier alpha value is -5.07. The maximum absolute atomic E-state index is 14.1. The van der Waals surface area contributed by atoms with E-state index in [1.165, 1.54) is 16.2 Å². The van der Waals surface area contributed by atoms with Gasteiger partial charge in [-0.15, -0.1) is 11.8 Å². The fraction of sp³-hybridized carbons (Fsp3) is 0.282. The molecule has 7 atom stereocenters. The van der Waals surface area contributed by atoms with Crippen molar-refractivity contribution in [3.05, 3.63) is 105 Å². The molecule has 2 N–H and O–H groups in total. The van der Waals surface area contributed by atoms with Gasteiger partial charge in [-0.05, 0) is 89.0 Å². The molecule has 4 unspecified atom stereocenters. The number of aromatic amines is 1. The molecular weight excluding hydrogens is 687 g/mol. The van der Waals surface area contributed by atoms with E-state index in [-0.39, 0.29) is 58.1 Å². The lowest BCUT2D eigenvalue weighted by molar-refractivity contribution is -0.123. The molecule has 2 saturated carbocycles. The number of amides is 3. The van der Waals surface area contributed by atoms with Gasteiger partial charge in [-0.2, -0.15) is 0 Å². The summed E-state index contributed by atoms with van der Waals surface area (Å²) in [6, 6.07) is 26.4. The zero-order valence-electron chi connectivity index (χ0n) is 27.7. The summed E-state index contributed by atoms with van der Waals surface area (Å²) in [6.45, 7) is -0.218. The molecule has 2 aliphatic carbocycles. The van der Waals surface area contributed by atoms with Gasteiger partial charge < -0.3 is 24.5 Å². The van der Waals surface area contributed by atoms with Crippen LogP contribution in [0, 0.1) is 29.6 Å². The number of nitrogens with one attached hydrogen (secondary N) is 2. The molecule has 5 aromatic rings. The number of ether oxygens (including phenoxy) is 3. The Kier molecular flexibility index (Phi) is 7.69. The number of aromatic nitrogens is 1. The van der Waals surface area contributed by atoms with Crippen molar-refractivity contribution in [3.8, 4) is 17.2 Å². The molecule has 3 amide bonds. The minimum absolute atomic E-state index is 0.000585. The monoisotopic (exact) mass is 719 g/mol. The Morgan fingerprint density at radius 3 is 2.39 bits per heavy atom. The van der Waals surface area contributed by atoms with Crippen LogP contribution in [0.15, 0.2) is 94.7 Å². The van der Waals surface area contributed by atoms with Crippen LogP contribution in [0.2, 0.25) is 0 Å². The molecule has 9 rings (SSSR count). The fourth-order valence-electron chi connectivity index (χ4n) is 8.98. The number of H-pyrrole nitrogens is 1. The average molecular weight is 720 g/mol. The van der Waals surface area contributed by atoms with Crippen molar-refractivity contribution in [2.45, 2.75) is 22.6 Å². The molecule has 3 fully saturated rings. The zero-order chi connectivity index (χ0) is 35.0. The quantitative estimate of drug-likeness (QED) is 0.179. The normalized spacial score (nSPS) is 25.8. The highest BCUT2D eigenvalue weighted by Crippen LogP contribution is 2.68. The summed E-state index contributed by atoms with van der Waals surface area (Å²) in [5.41, 5.74) is 2.17. The number of fused-ring (bicyclic) bond motifs is 10. The number of anilines is 2. The second-order valence-corrected chi connectivity index (χ2v) is 15.7. The topological polar surface area (TPSA) is 127 Å².